The third kappa shape index (κ3) is 5.67. The van der Waals surface area contributed by atoms with Crippen LogP contribution < -0.4 is 5.32 Å². The van der Waals surface area contributed by atoms with Crippen LogP contribution in [0.5, 0.6) is 0 Å². The third-order valence-electron chi connectivity index (χ3n) is 4.65. The van der Waals surface area contributed by atoms with Gasteiger partial charge in [-0.1, -0.05) is 29.8 Å². The Balaban J connectivity index is 1.61. The Hall–Kier alpha value is -3.19. The second-order valence-corrected chi connectivity index (χ2v) is 7.38. The molecule has 1 saturated heterocycles. The summed E-state index contributed by atoms with van der Waals surface area (Å²) >= 11 is 5.97. The highest BCUT2D eigenvalue weighted by Crippen LogP contribution is 2.22. The Bertz CT molecular complexity index is 992. The summed E-state index contributed by atoms with van der Waals surface area (Å²) in [7, 11) is 0. The van der Waals surface area contributed by atoms with E-state index in [9.17, 15) is 18.8 Å². The molecule has 1 aliphatic rings. The van der Waals surface area contributed by atoms with Crippen molar-refractivity contribution in [1.82, 2.24) is 9.80 Å². The number of rotatable bonds is 5. The van der Waals surface area contributed by atoms with E-state index in [0.29, 0.717) is 35.9 Å². The number of nitrogens with zero attached hydrogens (tertiary/aromatic N) is 2. The van der Waals surface area contributed by atoms with Gasteiger partial charge in [0.05, 0.1) is 0 Å². The number of amides is 3. The second kappa shape index (κ2) is 9.54. The number of hydrogen-bond donors (Lipinski definition) is 1. The maximum absolute atomic E-state index is 13.0. The van der Waals surface area contributed by atoms with Crippen molar-refractivity contribution < 1.29 is 18.8 Å². The van der Waals surface area contributed by atoms with Crippen LogP contribution in [0.25, 0.3) is 6.08 Å². The molecule has 0 saturated carbocycles. The first-order valence-corrected chi connectivity index (χ1v) is 9.76. The number of nitrogens with one attached hydrogen (secondary N) is 1. The molecule has 0 bridgehead atoms. The van der Waals surface area contributed by atoms with Gasteiger partial charge in [-0.25, -0.2) is 4.39 Å². The summed E-state index contributed by atoms with van der Waals surface area (Å²) in [5.74, 6) is -1.04. The van der Waals surface area contributed by atoms with Crippen LogP contribution in [0.1, 0.15) is 18.1 Å². The lowest BCUT2D eigenvalue weighted by molar-refractivity contribution is -0.143. The summed E-state index contributed by atoms with van der Waals surface area (Å²) in [6, 6.07) is 11.0. The molecule has 0 spiro atoms. The Kier molecular flexibility index (Phi) is 6.84. The molecule has 2 aromatic rings. The van der Waals surface area contributed by atoms with Crippen molar-refractivity contribution in [2.45, 2.75) is 13.5 Å². The number of hydrogen-bond acceptors (Lipinski definition) is 3. The molecule has 3 rings (SSSR count). The molecule has 1 heterocycles. The molecule has 156 valence electrons. The Morgan fingerprint density at radius 3 is 2.57 bits per heavy atom. The number of halogens is 2. The van der Waals surface area contributed by atoms with Crippen molar-refractivity contribution in [3.8, 4) is 0 Å². The lowest BCUT2D eigenvalue weighted by atomic mass is 10.1. The Morgan fingerprint density at radius 1 is 1.17 bits per heavy atom. The van der Waals surface area contributed by atoms with Crippen LogP contribution in [0.2, 0.25) is 5.02 Å². The van der Waals surface area contributed by atoms with E-state index in [-0.39, 0.29) is 30.1 Å². The van der Waals surface area contributed by atoms with Gasteiger partial charge in [-0.05, 0) is 41.5 Å². The van der Waals surface area contributed by atoms with E-state index < -0.39 is 0 Å². The van der Waals surface area contributed by atoms with E-state index in [4.69, 9.17) is 11.6 Å². The van der Waals surface area contributed by atoms with Crippen LogP contribution in [0.3, 0.4) is 0 Å². The van der Waals surface area contributed by atoms with Crippen molar-refractivity contribution in [3.63, 3.8) is 0 Å². The number of anilines is 1. The molecule has 30 heavy (non-hydrogen) atoms. The minimum absolute atomic E-state index is 0.0243. The highest BCUT2D eigenvalue weighted by atomic mass is 35.5. The summed E-state index contributed by atoms with van der Waals surface area (Å²) < 4.78 is 13.0. The fraction of sp³-hybridized carbons (Fsp3) is 0.227. The SMILES string of the molecule is CC(=O)Nc1cc(Cl)ccc1/C=C/C(=O)N1CCN(Cc2ccc(F)cc2)C(=O)C1. The van der Waals surface area contributed by atoms with E-state index >= 15 is 0 Å². The second-order valence-electron chi connectivity index (χ2n) is 6.95. The van der Waals surface area contributed by atoms with Gasteiger partial charge in [-0.15, -0.1) is 0 Å². The van der Waals surface area contributed by atoms with E-state index in [1.54, 1.807) is 41.3 Å². The van der Waals surface area contributed by atoms with Crippen molar-refractivity contribution in [2.75, 3.05) is 25.0 Å². The van der Waals surface area contributed by atoms with Crippen molar-refractivity contribution in [2.24, 2.45) is 0 Å². The fourth-order valence-corrected chi connectivity index (χ4v) is 3.28. The molecule has 0 atom stereocenters. The molecular formula is C22H21ClFN3O3. The zero-order valence-electron chi connectivity index (χ0n) is 16.4. The summed E-state index contributed by atoms with van der Waals surface area (Å²) in [4.78, 5) is 39.4. The molecule has 8 heteroatoms. The topological polar surface area (TPSA) is 69.7 Å². The molecule has 1 N–H and O–H groups in total. The Morgan fingerprint density at radius 2 is 1.90 bits per heavy atom. The molecule has 1 fully saturated rings. The van der Waals surface area contributed by atoms with Gasteiger partial charge in [-0.2, -0.15) is 0 Å². The average Bonchev–Trinajstić information content (AvgIpc) is 2.70. The summed E-state index contributed by atoms with van der Waals surface area (Å²) in [6.07, 6.45) is 2.96. The van der Waals surface area contributed by atoms with Gasteiger partial charge in [0.25, 0.3) is 0 Å². The van der Waals surface area contributed by atoms with Gasteiger partial charge in [-0.3, -0.25) is 14.4 Å². The van der Waals surface area contributed by atoms with Crippen molar-refractivity contribution in [1.29, 1.82) is 0 Å². The minimum Gasteiger partial charge on any atom is -0.335 e. The largest absolute Gasteiger partial charge is 0.335 e. The fourth-order valence-electron chi connectivity index (χ4n) is 3.11. The first-order chi connectivity index (χ1) is 14.3. The summed E-state index contributed by atoms with van der Waals surface area (Å²) in [6.45, 7) is 2.53. The van der Waals surface area contributed by atoms with E-state index in [1.807, 2.05) is 0 Å². The lowest BCUT2D eigenvalue weighted by Crippen LogP contribution is -2.51. The van der Waals surface area contributed by atoms with E-state index in [1.165, 1.54) is 30.0 Å². The zero-order chi connectivity index (χ0) is 21.7. The zero-order valence-corrected chi connectivity index (χ0v) is 17.2. The van der Waals surface area contributed by atoms with Crippen LogP contribution in [0.4, 0.5) is 10.1 Å². The van der Waals surface area contributed by atoms with E-state index in [2.05, 4.69) is 5.32 Å². The minimum atomic E-state index is -0.324. The normalized spacial score (nSPS) is 14.3. The van der Waals surface area contributed by atoms with Crippen molar-refractivity contribution in [3.05, 3.63) is 70.5 Å². The molecule has 3 amide bonds. The predicted octanol–water partition coefficient (Wildman–Crippen LogP) is 3.32. The molecule has 0 aromatic heterocycles. The van der Waals surface area contributed by atoms with Crippen LogP contribution in [-0.4, -0.2) is 47.2 Å². The molecule has 2 aromatic carbocycles. The van der Waals surface area contributed by atoms with Crippen LogP contribution in [-0.2, 0) is 20.9 Å². The first kappa shape index (κ1) is 21.5. The monoisotopic (exact) mass is 429 g/mol. The molecule has 0 radical (unpaired) electrons. The van der Waals surface area contributed by atoms with Gasteiger partial charge in [0.15, 0.2) is 0 Å². The van der Waals surface area contributed by atoms with Gasteiger partial charge < -0.3 is 15.1 Å². The molecule has 1 aliphatic heterocycles. The molecule has 6 nitrogen and oxygen atoms in total. The summed E-state index contributed by atoms with van der Waals surface area (Å²) in [5.41, 5.74) is 1.96. The number of piperazine rings is 1. The summed E-state index contributed by atoms with van der Waals surface area (Å²) in [5, 5.41) is 3.14. The third-order valence-corrected chi connectivity index (χ3v) is 4.88. The average molecular weight is 430 g/mol. The van der Waals surface area contributed by atoms with Gasteiger partial charge in [0.2, 0.25) is 17.7 Å². The number of benzene rings is 2. The first-order valence-electron chi connectivity index (χ1n) is 9.38. The molecule has 0 aliphatic carbocycles. The lowest BCUT2D eigenvalue weighted by Gasteiger charge is -2.34. The molecular weight excluding hydrogens is 409 g/mol. The molecule has 0 unspecified atom stereocenters. The van der Waals surface area contributed by atoms with Gasteiger partial charge in [0, 0.05) is 43.3 Å². The van der Waals surface area contributed by atoms with Gasteiger partial charge in [0.1, 0.15) is 12.4 Å². The predicted molar refractivity (Wildman–Crippen MR) is 113 cm³/mol. The van der Waals surface area contributed by atoms with Crippen LogP contribution >= 0.6 is 11.6 Å². The van der Waals surface area contributed by atoms with Crippen LogP contribution in [0, 0.1) is 5.82 Å². The smallest absolute Gasteiger partial charge is 0.247 e. The van der Waals surface area contributed by atoms with Crippen molar-refractivity contribution >= 4 is 41.1 Å². The van der Waals surface area contributed by atoms with Gasteiger partial charge >= 0.3 is 0 Å². The number of carbonyl (C=O) groups excluding carboxylic acids is 3. The maximum Gasteiger partial charge on any atom is 0.247 e. The highest BCUT2D eigenvalue weighted by molar-refractivity contribution is 6.31. The van der Waals surface area contributed by atoms with Crippen LogP contribution in [0.15, 0.2) is 48.5 Å². The highest BCUT2D eigenvalue weighted by Gasteiger charge is 2.26. The standard InChI is InChI=1S/C22H21ClFN3O3/c1-15(28)25-20-12-18(23)6-4-17(20)5-9-21(29)27-11-10-26(22(30)14-27)13-16-2-7-19(24)8-3-16/h2-9,12H,10-11,13-14H2,1H3,(H,25,28)/b9-5+. The maximum atomic E-state index is 13.0. The quantitative estimate of drug-likeness (QED) is 0.741. The van der Waals surface area contributed by atoms with E-state index in [0.717, 1.165) is 5.56 Å². The Labute approximate surface area is 178 Å². The number of carbonyl (C=O) groups is 3.